The second-order valence-corrected chi connectivity index (χ2v) is 10.1. The molecule has 0 aliphatic carbocycles. The molecule has 1 N–H and O–H groups in total. The van der Waals surface area contributed by atoms with Crippen LogP contribution >= 0.6 is 11.6 Å². The zero-order chi connectivity index (χ0) is 27.6. The van der Waals surface area contributed by atoms with Crippen LogP contribution in [0.5, 0.6) is 0 Å². The summed E-state index contributed by atoms with van der Waals surface area (Å²) in [6.45, 7) is 0. The maximum atomic E-state index is 14.0. The van der Waals surface area contributed by atoms with Crippen LogP contribution in [0.1, 0.15) is 35.3 Å². The Bertz CT molecular complexity index is 1770. The van der Waals surface area contributed by atoms with Crippen molar-refractivity contribution in [1.29, 1.82) is 0 Å². The molecular formula is C33H26ClN3O3. The predicted octanol–water partition coefficient (Wildman–Crippen LogP) is 6.91. The fraction of sp³-hybridized carbons (Fsp3) is 0.121. The molecule has 198 valence electrons. The lowest BCUT2D eigenvalue weighted by Crippen LogP contribution is -2.32. The standard InChI is InChI=1S/C33H26ClN3O3/c1-40-31(23-15-9-4-10-16-23)33(39)37-28(21-11-5-2-6-12-21)20-27(36-37)30-29(22-13-7-3-8-14-22)25-19-24(34)17-18-26(25)35-32(30)38/h2-19,28,31H,20H2,1H3,(H,35,38)/t28-,31-/m1/s1. The molecule has 2 heterocycles. The van der Waals surface area contributed by atoms with Crippen LogP contribution in [0.3, 0.4) is 0 Å². The van der Waals surface area contributed by atoms with Gasteiger partial charge in [0.25, 0.3) is 11.5 Å². The first kappa shape index (κ1) is 25.7. The minimum Gasteiger partial charge on any atom is -0.367 e. The van der Waals surface area contributed by atoms with Crippen molar-refractivity contribution in [2.24, 2.45) is 5.10 Å². The van der Waals surface area contributed by atoms with E-state index in [1.165, 1.54) is 12.1 Å². The van der Waals surface area contributed by atoms with Gasteiger partial charge in [-0.3, -0.25) is 9.59 Å². The highest BCUT2D eigenvalue weighted by Gasteiger charge is 2.38. The Labute approximate surface area is 236 Å². The molecule has 1 aliphatic rings. The number of hydrazone groups is 1. The van der Waals surface area contributed by atoms with Crippen molar-refractivity contribution in [3.05, 3.63) is 141 Å². The Morgan fingerprint density at radius 2 is 1.57 bits per heavy atom. The van der Waals surface area contributed by atoms with Gasteiger partial charge >= 0.3 is 0 Å². The van der Waals surface area contributed by atoms with Crippen molar-refractivity contribution in [2.75, 3.05) is 7.11 Å². The number of halogens is 1. The van der Waals surface area contributed by atoms with E-state index in [1.54, 1.807) is 12.1 Å². The van der Waals surface area contributed by atoms with Crippen LogP contribution in [0, 0.1) is 0 Å². The Morgan fingerprint density at radius 1 is 0.925 bits per heavy atom. The molecule has 6 nitrogen and oxygen atoms in total. The Morgan fingerprint density at radius 3 is 2.25 bits per heavy atom. The summed E-state index contributed by atoms with van der Waals surface area (Å²) in [5, 5.41) is 7.69. The molecule has 1 aliphatic heterocycles. The minimum absolute atomic E-state index is 0.278. The highest BCUT2D eigenvalue weighted by molar-refractivity contribution is 6.31. The van der Waals surface area contributed by atoms with Crippen LogP contribution < -0.4 is 5.56 Å². The van der Waals surface area contributed by atoms with Crippen molar-refractivity contribution in [3.63, 3.8) is 0 Å². The van der Waals surface area contributed by atoms with E-state index < -0.39 is 12.1 Å². The van der Waals surface area contributed by atoms with E-state index in [4.69, 9.17) is 21.4 Å². The quantitative estimate of drug-likeness (QED) is 0.251. The molecule has 0 unspecified atom stereocenters. The molecule has 1 amide bonds. The SMILES string of the molecule is CO[C@@H](C(=O)N1N=C(c2c(-c3ccccc3)c3cc(Cl)ccc3[nH]c2=O)C[C@@H]1c1ccccc1)c1ccccc1. The number of carbonyl (C=O) groups excluding carboxylic acids is 1. The molecule has 4 aromatic carbocycles. The van der Waals surface area contributed by atoms with Crippen molar-refractivity contribution in [2.45, 2.75) is 18.6 Å². The molecule has 0 saturated carbocycles. The van der Waals surface area contributed by atoms with Gasteiger partial charge in [0.05, 0.1) is 17.3 Å². The van der Waals surface area contributed by atoms with Crippen molar-refractivity contribution < 1.29 is 9.53 Å². The van der Waals surface area contributed by atoms with E-state index in [2.05, 4.69) is 4.98 Å². The number of nitrogens with zero attached hydrogens (tertiary/aromatic N) is 2. The predicted molar refractivity (Wildman–Crippen MR) is 158 cm³/mol. The topological polar surface area (TPSA) is 74.8 Å². The van der Waals surface area contributed by atoms with E-state index in [-0.39, 0.29) is 11.5 Å². The number of hydrogen-bond donors (Lipinski definition) is 1. The molecule has 6 rings (SSSR count). The fourth-order valence-corrected chi connectivity index (χ4v) is 5.54. The van der Waals surface area contributed by atoms with Gasteiger partial charge in [-0.2, -0.15) is 5.10 Å². The fourth-order valence-electron chi connectivity index (χ4n) is 5.37. The van der Waals surface area contributed by atoms with Gasteiger partial charge in [-0.05, 0) is 34.9 Å². The number of benzene rings is 4. The third-order valence-corrected chi connectivity index (χ3v) is 7.45. The average molecular weight is 548 g/mol. The maximum Gasteiger partial charge on any atom is 0.276 e. The first-order chi connectivity index (χ1) is 19.5. The molecule has 5 aromatic rings. The number of methoxy groups -OCH3 is 1. The summed E-state index contributed by atoms with van der Waals surface area (Å²) in [5.41, 5.74) is 4.57. The first-order valence-electron chi connectivity index (χ1n) is 13.0. The highest BCUT2D eigenvalue weighted by Crippen LogP contribution is 2.38. The number of fused-ring (bicyclic) bond motifs is 1. The summed E-state index contributed by atoms with van der Waals surface area (Å²) >= 11 is 6.42. The number of amides is 1. The summed E-state index contributed by atoms with van der Waals surface area (Å²) in [5.74, 6) is -0.306. The van der Waals surface area contributed by atoms with Gasteiger partial charge in [0.2, 0.25) is 0 Å². The van der Waals surface area contributed by atoms with E-state index in [1.807, 2.05) is 97.1 Å². The monoisotopic (exact) mass is 547 g/mol. The van der Waals surface area contributed by atoms with Crippen LogP contribution in [0.4, 0.5) is 0 Å². The Hall–Kier alpha value is -4.52. The summed E-state index contributed by atoms with van der Waals surface area (Å²) in [6.07, 6.45) is -0.492. The maximum absolute atomic E-state index is 14.0. The lowest BCUT2D eigenvalue weighted by molar-refractivity contribution is -0.144. The van der Waals surface area contributed by atoms with Crippen molar-refractivity contribution in [3.8, 4) is 11.1 Å². The Balaban J connectivity index is 1.55. The van der Waals surface area contributed by atoms with E-state index in [0.717, 1.165) is 27.6 Å². The van der Waals surface area contributed by atoms with E-state index >= 15 is 0 Å². The zero-order valence-electron chi connectivity index (χ0n) is 21.8. The second kappa shape index (κ2) is 10.9. The van der Waals surface area contributed by atoms with Crippen LogP contribution in [0.2, 0.25) is 5.02 Å². The summed E-state index contributed by atoms with van der Waals surface area (Å²) < 4.78 is 5.68. The number of rotatable bonds is 6. The number of pyridine rings is 1. The van der Waals surface area contributed by atoms with Crippen molar-refractivity contribution in [1.82, 2.24) is 9.99 Å². The van der Waals surface area contributed by atoms with Crippen LogP contribution in [0.25, 0.3) is 22.0 Å². The molecule has 0 spiro atoms. The smallest absolute Gasteiger partial charge is 0.276 e. The molecule has 0 radical (unpaired) electrons. The van der Waals surface area contributed by atoms with Gasteiger partial charge in [-0.15, -0.1) is 0 Å². The van der Waals surface area contributed by atoms with E-state index in [0.29, 0.717) is 28.2 Å². The number of H-pyrrole nitrogens is 1. The number of aromatic amines is 1. The number of ether oxygens (including phenoxy) is 1. The average Bonchev–Trinajstić information content (AvgIpc) is 3.44. The lowest BCUT2D eigenvalue weighted by Gasteiger charge is -2.26. The lowest BCUT2D eigenvalue weighted by atomic mass is 9.91. The molecule has 2 atom stereocenters. The van der Waals surface area contributed by atoms with Crippen LogP contribution in [-0.2, 0) is 9.53 Å². The largest absolute Gasteiger partial charge is 0.367 e. The number of nitrogens with one attached hydrogen (secondary N) is 1. The van der Waals surface area contributed by atoms with Crippen molar-refractivity contribution >= 4 is 34.1 Å². The summed E-state index contributed by atoms with van der Waals surface area (Å²) in [7, 11) is 1.51. The van der Waals surface area contributed by atoms with Gasteiger partial charge in [0.15, 0.2) is 6.10 Å². The number of hydrogen-bond acceptors (Lipinski definition) is 4. The zero-order valence-corrected chi connectivity index (χ0v) is 22.5. The van der Waals surface area contributed by atoms with Gasteiger partial charge in [-0.1, -0.05) is 103 Å². The summed E-state index contributed by atoms with van der Waals surface area (Å²) in [4.78, 5) is 30.8. The second-order valence-electron chi connectivity index (χ2n) is 9.65. The number of aromatic nitrogens is 1. The normalized spacial score (nSPS) is 15.7. The molecule has 1 aromatic heterocycles. The minimum atomic E-state index is -0.849. The molecule has 0 saturated heterocycles. The van der Waals surface area contributed by atoms with Gasteiger partial charge in [0, 0.05) is 35.0 Å². The van der Waals surface area contributed by atoms with Crippen LogP contribution in [-0.4, -0.2) is 28.7 Å². The third-order valence-electron chi connectivity index (χ3n) is 7.21. The van der Waals surface area contributed by atoms with Gasteiger partial charge in [0.1, 0.15) is 0 Å². The van der Waals surface area contributed by atoms with E-state index in [9.17, 15) is 9.59 Å². The molecule has 7 heteroatoms. The first-order valence-corrected chi connectivity index (χ1v) is 13.4. The molecular weight excluding hydrogens is 522 g/mol. The van der Waals surface area contributed by atoms with Gasteiger partial charge in [-0.25, -0.2) is 5.01 Å². The highest BCUT2D eigenvalue weighted by atomic mass is 35.5. The molecule has 0 bridgehead atoms. The molecule has 0 fully saturated rings. The van der Waals surface area contributed by atoms with Gasteiger partial charge < -0.3 is 9.72 Å². The van der Waals surface area contributed by atoms with Crippen LogP contribution in [0.15, 0.2) is 119 Å². The molecule has 40 heavy (non-hydrogen) atoms. The third kappa shape index (κ3) is 4.72. The Kier molecular flexibility index (Phi) is 7.03. The number of carbonyl (C=O) groups is 1. The summed E-state index contributed by atoms with van der Waals surface area (Å²) in [6, 6.07) is 33.8.